The van der Waals surface area contributed by atoms with Crippen LogP contribution in [0.1, 0.15) is 92.1 Å². The van der Waals surface area contributed by atoms with Crippen molar-refractivity contribution in [3.63, 3.8) is 0 Å². The van der Waals surface area contributed by atoms with Gasteiger partial charge in [0.15, 0.2) is 0 Å². The Morgan fingerprint density at radius 3 is 2.31 bits per heavy atom. The van der Waals surface area contributed by atoms with Gasteiger partial charge in [0.2, 0.25) is 23.6 Å². The van der Waals surface area contributed by atoms with E-state index < -0.39 is 36.3 Å². The minimum absolute atomic E-state index is 0.00753. The molecule has 1 aromatic carbocycles. The van der Waals surface area contributed by atoms with Crippen LogP contribution < -0.4 is 10.6 Å². The molecule has 2 saturated heterocycles. The second kappa shape index (κ2) is 21.9. The normalized spacial score (nSPS) is 24.6. The van der Waals surface area contributed by atoms with Crippen LogP contribution in [0.3, 0.4) is 0 Å². The van der Waals surface area contributed by atoms with Crippen LogP contribution in [0.5, 0.6) is 0 Å². The molecule has 322 valence electrons. The fraction of sp³-hybridized carbons (Fsp3) is 0.689. The Kier molecular flexibility index (Phi) is 17.6. The van der Waals surface area contributed by atoms with Gasteiger partial charge in [-0.25, -0.2) is 9.98 Å². The maximum absolute atomic E-state index is 14.4. The Balaban J connectivity index is 1.49. The van der Waals surface area contributed by atoms with Crippen molar-refractivity contribution >= 4 is 36.2 Å². The van der Waals surface area contributed by atoms with Crippen LogP contribution in [0, 0.1) is 23.7 Å². The van der Waals surface area contributed by atoms with Gasteiger partial charge in [-0.3, -0.25) is 24.1 Å². The molecule has 3 fully saturated rings. The fourth-order valence-electron chi connectivity index (χ4n) is 9.64. The van der Waals surface area contributed by atoms with Crippen molar-refractivity contribution in [3.05, 3.63) is 48.2 Å². The first-order valence-electron chi connectivity index (χ1n) is 21.4. The van der Waals surface area contributed by atoms with Gasteiger partial charge >= 0.3 is 0 Å². The Labute approximate surface area is 347 Å². The van der Waals surface area contributed by atoms with Crippen LogP contribution in [-0.4, -0.2) is 134 Å². The number of rotatable bonds is 20. The summed E-state index contributed by atoms with van der Waals surface area (Å²) in [6.45, 7) is 16.0. The summed E-state index contributed by atoms with van der Waals surface area (Å²) in [7, 11) is 6.95. The number of carbonyl (C=O) groups excluding carboxylic acids is 4. The molecule has 4 amide bonds. The van der Waals surface area contributed by atoms with Crippen molar-refractivity contribution in [1.29, 1.82) is 0 Å². The molecule has 4 rings (SSSR count). The number of fused-ring (bicyclic) bond motifs is 2. The van der Waals surface area contributed by atoms with E-state index in [9.17, 15) is 19.2 Å². The van der Waals surface area contributed by atoms with Gasteiger partial charge in [0.1, 0.15) is 11.9 Å². The van der Waals surface area contributed by atoms with Gasteiger partial charge in [-0.05, 0) is 82.5 Å². The quantitative estimate of drug-likeness (QED) is 0.141. The molecule has 2 aliphatic heterocycles. The molecule has 2 bridgehead atoms. The van der Waals surface area contributed by atoms with Crippen LogP contribution in [0.4, 0.5) is 0 Å². The molecule has 1 aromatic rings. The smallest absolute Gasteiger partial charge is 0.245 e. The second-order valence-corrected chi connectivity index (χ2v) is 17.0. The van der Waals surface area contributed by atoms with Crippen LogP contribution >= 0.6 is 0 Å². The lowest BCUT2D eigenvalue weighted by atomic mass is 9.89. The first-order valence-corrected chi connectivity index (χ1v) is 21.4. The number of nitrogens with zero attached hydrogens (tertiary/aromatic N) is 5. The third kappa shape index (κ3) is 11.0. The number of nitrogens with one attached hydrogen (secondary N) is 2. The number of ether oxygens (including phenoxy) is 2. The van der Waals surface area contributed by atoms with Crippen molar-refractivity contribution in [1.82, 2.24) is 25.3 Å². The van der Waals surface area contributed by atoms with Crippen LogP contribution in [-0.2, 0) is 35.1 Å². The zero-order chi connectivity index (χ0) is 42.7. The number of hydrogen-bond donors (Lipinski definition) is 2. The largest absolute Gasteiger partial charge is 0.379 e. The Bertz CT molecular complexity index is 1600. The fourth-order valence-corrected chi connectivity index (χ4v) is 9.64. The summed E-state index contributed by atoms with van der Waals surface area (Å²) in [6, 6.07) is 7.99. The van der Waals surface area contributed by atoms with Gasteiger partial charge in [-0.1, -0.05) is 77.4 Å². The van der Waals surface area contributed by atoms with E-state index in [2.05, 4.69) is 46.1 Å². The lowest BCUT2D eigenvalue weighted by Gasteiger charge is -2.41. The summed E-state index contributed by atoms with van der Waals surface area (Å²) in [6.07, 6.45) is 8.11. The van der Waals surface area contributed by atoms with Crippen LogP contribution in [0.15, 0.2) is 52.6 Å². The lowest BCUT2D eigenvalue weighted by Crippen LogP contribution is -2.60. The van der Waals surface area contributed by atoms with Gasteiger partial charge in [0.05, 0.1) is 48.7 Å². The number of benzene rings is 1. The number of likely N-dealkylation sites (N-methyl/N-ethyl adjacent to an activating group) is 2. The van der Waals surface area contributed by atoms with Gasteiger partial charge in [0, 0.05) is 40.1 Å². The molecule has 58 heavy (non-hydrogen) atoms. The molecule has 0 spiro atoms. The highest BCUT2D eigenvalue weighted by molar-refractivity contribution is 5.95. The molecule has 1 saturated carbocycles. The minimum atomic E-state index is -0.720. The van der Waals surface area contributed by atoms with E-state index in [0.29, 0.717) is 37.2 Å². The zero-order valence-corrected chi connectivity index (χ0v) is 36.7. The molecular weight excluding hydrogens is 735 g/mol. The molecule has 11 atom stereocenters. The number of piperidine rings is 1. The maximum atomic E-state index is 14.4. The van der Waals surface area contributed by atoms with Crippen molar-refractivity contribution in [2.45, 2.75) is 141 Å². The number of likely N-dealkylation sites (tertiary alicyclic amines) is 2. The van der Waals surface area contributed by atoms with Crippen molar-refractivity contribution in [2.75, 3.05) is 34.9 Å². The van der Waals surface area contributed by atoms with E-state index in [1.807, 2.05) is 70.0 Å². The van der Waals surface area contributed by atoms with E-state index >= 15 is 0 Å². The third-order valence-electron chi connectivity index (χ3n) is 13.1. The second-order valence-electron chi connectivity index (χ2n) is 17.0. The van der Waals surface area contributed by atoms with Crippen LogP contribution in [0.25, 0.3) is 0 Å². The summed E-state index contributed by atoms with van der Waals surface area (Å²) in [4.78, 5) is 70.8. The molecular formula is C45H71N7O6. The number of amidine groups is 1. The number of amides is 4. The Morgan fingerprint density at radius 1 is 1.03 bits per heavy atom. The first-order chi connectivity index (χ1) is 27.7. The molecule has 0 unspecified atom stereocenters. The van der Waals surface area contributed by atoms with Gasteiger partial charge in [-0.15, -0.1) is 0 Å². The number of hydrogen-bond acceptors (Lipinski definition) is 8. The number of methoxy groups -OCH3 is 2. The summed E-state index contributed by atoms with van der Waals surface area (Å²) in [5, 5.41) is 6.30. The van der Waals surface area contributed by atoms with Gasteiger partial charge < -0.3 is 29.9 Å². The number of aliphatic imine (C=N–C) groups is 2. The summed E-state index contributed by atoms with van der Waals surface area (Å²) >= 11 is 0. The third-order valence-corrected chi connectivity index (χ3v) is 13.1. The standard InChI is InChI=1S/C45H71N7O6/c1-12-23-47-42(46-7)34(25-31-18-15-14-16-19-31)48-43(54)30(6)41(58-11)35-20-17-24-52(35)37(53)27-36(57-10)39(29(5)13-2)51(9)45(56)38(28(3)4)49-44(55)40-32-21-22-33(26-32)50(40)8/h12,14-16,18-19,23,28-30,32-36,38-41H,7,13,17,20-22,24-27H2,1-6,8-11H3,(H,48,54)(H,49,55)/b23-12-,47-42?/t29-,30+,32-,33+,34-,35-,36+,38-,39-,40-,41+/m0/s1. The van der Waals surface area contributed by atoms with Gasteiger partial charge in [-0.2, -0.15) is 0 Å². The maximum Gasteiger partial charge on any atom is 0.245 e. The Hall–Kier alpha value is -3.94. The molecule has 0 radical (unpaired) electrons. The highest BCUT2D eigenvalue weighted by atomic mass is 16.5. The van der Waals surface area contributed by atoms with Crippen LogP contribution in [0.2, 0.25) is 0 Å². The predicted molar refractivity (Wildman–Crippen MR) is 229 cm³/mol. The summed E-state index contributed by atoms with van der Waals surface area (Å²) in [5.41, 5.74) is 1.01. The monoisotopic (exact) mass is 806 g/mol. The van der Waals surface area contributed by atoms with Crippen molar-refractivity contribution in [2.24, 2.45) is 33.7 Å². The molecule has 13 heteroatoms. The molecule has 2 N–H and O–H groups in total. The highest BCUT2D eigenvalue weighted by Gasteiger charge is 2.49. The Morgan fingerprint density at radius 2 is 1.74 bits per heavy atom. The lowest BCUT2D eigenvalue weighted by molar-refractivity contribution is -0.148. The van der Waals surface area contributed by atoms with E-state index in [1.54, 1.807) is 38.4 Å². The van der Waals surface area contributed by atoms with E-state index in [-0.39, 0.29) is 54.0 Å². The SMILES string of the molecule is C=NC(=N/C=C\C)[C@H](Cc1ccccc1)NC(=O)[C@H](C)[C@@H](OC)[C@@H]1CCCN1C(=O)C[C@@H](OC)[C@H]([C@@H](C)CC)N(C)C(=O)[C@@H](NC(=O)[C@@H]1[C@H]2CC[C@H](C2)N1C)C(C)C. The number of carbonyl (C=O) groups is 4. The average molecular weight is 806 g/mol. The first kappa shape index (κ1) is 46.7. The average Bonchev–Trinajstić information content (AvgIpc) is 3.97. The number of allylic oxidation sites excluding steroid dienone is 1. The molecule has 1 aliphatic carbocycles. The molecule has 2 heterocycles. The topological polar surface area (TPSA) is 145 Å². The molecule has 0 aromatic heterocycles. The predicted octanol–water partition coefficient (Wildman–Crippen LogP) is 4.89. The minimum Gasteiger partial charge on any atom is -0.379 e. The van der Waals surface area contributed by atoms with Gasteiger partial charge in [0.25, 0.3) is 0 Å². The molecule has 3 aliphatic rings. The highest BCUT2D eigenvalue weighted by Crippen LogP contribution is 2.41. The summed E-state index contributed by atoms with van der Waals surface area (Å²) in [5.74, 6) is -0.697. The van der Waals surface area contributed by atoms with E-state index in [1.165, 1.54) is 0 Å². The van der Waals surface area contributed by atoms with Crippen molar-refractivity contribution < 1.29 is 28.7 Å². The van der Waals surface area contributed by atoms with E-state index in [4.69, 9.17) is 9.47 Å². The van der Waals surface area contributed by atoms with E-state index in [0.717, 1.165) is 37.7 Å². The summed E-state index contributed by atoms with van der Waals surface area (Å²) < 4.78 is 12.1. The van der Waals surface area contributed by atoms with Crippen molar-refractivity contribution in [3.8, 4) is 0 Å². The molecule has 13 nitrogen and oxygen atoms in total. The zero-order valence-electron chi connectivity index (χ0n) is 36.7.